The standard InChI is InChI=1S/C18H17N5O3/c1-12-6-7-13(9-16(12)23(25)26)18(24)20-11-14-10-17(22(2)21-14)15-5-3-4-8-19-15/h3-10H,11H2,1-2H3,(H,20,24). The fraction of sp³-hybridized carbons (Fsp3) is 0.167. The van der Waals surface area contributed by atoms with E-state index < -0.39 is 10.8 Å². The van der Waals surface area contributed by atoms with Gasteiger partial charge in [-0.1, -0.05) is 12.1 Å². The normalized spacial score (nSPS) is 10.5. The van der Waals surface area contributed by atoms with Gasteiger partial charge in [0.2, 0.25) is 0 Å². The van der Waals surface area contributed by atoms with Crippen LogP contribution in [0, 0.1) is 17.0 Å². The monoisotopic (exact) mass is 351 g/mol. The third-order valence-corrected chi connectivity index (χ3v) is 3.96. The number of rotatable bonds is 5. The molecule has 0 spiro atoms. The maximum absolute atomic E-state index is 12.3. The molecule has 1 aromatic carbocycles. The Hall–Kier alpha value is -3.55. The van der Waals surface area contributed by atoms with E-state index >= 15 is 0 Å². The first-order chi connectivity index (χ1) is 12.5. The highest BCUT2D eigenvalue weighted by Gasteiger charge is 2.15. The second kappa shape index (κ2) is 7.14. The molecule has 8 nitrogen and oxygen atoms in total. The molecule has 2 aromatic heterocycles. The van der Waals surface area contributed by atoms with Gasteiger partial charge < -0.3 is 5.32 Å². The Morgan fingerprint density at radius 2 is 2.08 bits per heavy atom. The van der Waals surface area contributed by atoms with E-state index in [0.717, 1.165) is 11.4 Å². The highest BCUT2D eigenvalue weighted by atomic mass is 16.6. The van der Waals surface area contributed by atoms with Gasteiger partial charge >= 0.3 is 0 Å². The summed E-state index contributed by atoms with van der Waals surface area (Å²) < 4.78 is 1.69. The number of carbonyl (C=O) groups excluding carboxylic acids is 1. The molecule has 0 aliphatic heterocycles. The maximum atomic E-state index is 12.3. The molecule has 0 radical (unpaired) electrons. The highest BCUT2D eigenvalue weighted by molar-refractivity contribution is 5.94. The summed E-state index contributed by atoms with van der Waals surface area (Å²) in [6, 6.07) is 11.9. The number of nitro groups is 1. The zero-order valence-corrected chi connectivity index (χ0v) is 14.3. The van der Waals surface area contributed by atoms with E-state index in [9.17, 15) is 14.9 Å². The van der Waals surface area contributed by atoms with Gasteiger partial charge in [-0.05, 0) is 31.2 Å². The van der Waals surface area contributed by atoms with E-state index in [1.807, 2.05) is 24.3 Å². The molecular formula is C18H17N5O3. The van der Waals surface area contributed by atoms with Gasteiger partial charge in [0.1, 0.15) is 0 Å². The van der Waals surface area contributed by atoms with Crippen molar-refractivity contribution in [2.75, 3.05) is 0 Å². The van der Waals surface area contributed by atoms with Crippen molar-refractivity contribution in [1.29, 1.82) is 0 Å². The Kier molecular flexibility index (Phi) is 4.74. The van der Waals surface area contributed by atoms with Crippen molar-refractivity contribution < 1.29 is 9.72 Å². The van der Waals surface area contributed by atoms with Crippen molar-refractivity contribution in [3.05, 3.63) is 75.6 Å². The van der Waals surface area contributed by atoms with Crippen molar-refractivity contribution in [1.82, 2.24) is 20.1 Å². The molecule has 0 saturated carbocycles. The maximum Gasteiger partial charge on any atom is 0.273 e. The van der Waals surface area contributed by atoms with Gasteiger partial charge in [-0.25, -0.2) is 0 Å². The second-order valence-electron chi connectivity index (χ2n) is 5.80. The summed E-state index contributed by atoms with van der Waals surface area (Å²) in [6.07, 6.45) is 1.70. The molecule has 0 fully saturated rings. The first kappa shape index (κ1) is 17.3. The highest BCUT2D eigenvalue weighted by Crippen LogP contribution is 2.20. The number of aryl methyl sites for hydroxylation is 2. The molecular weight excluding hydrogens is 334 g/mol. The molecule has 0 aliphatic carbocycles. The van der Waals surface area contributed by atoms with Crippen LogP contribution >= 0.6 is 0 Å². The van der Waals surface area contributed by atoms with Gasteiger partial charge in [-0.2, -0.15) is 5.10 Å². The lowest BCUT2D eigenvalue weighted by molar-refractivity contribution is -0.385. The number of nitrogens with one attached hydrogen (secondary N) is 1. The van der Waals surface area contributed by atoms with Crippen LogP contribution < -0.4 is 5.32 Å². The quantitative estimate of drug-likeness (QED) is 0.562. The number of nitrogens with zero attached hydrogens (tertiary/aromatic N) is 4. The van der Waals surface area contributed by atoms with Crippen molar-refractivity contribution >= 4 is 11.6 Å². The van der Waals surface area contributed by atoms with E-state index in [0.29, 0.717) is 11.3 Å². The summed E-state index contributed by atoms with van der Waals surface area (Å²) in [5.74, 6) is -0.391. The van der Waals surface area contributed by atoms with Gasteiger partial charge in [0, 0.05) is 30.4 Å². The van der Waals surface area contributed by atoms with Crippen molar-refractivity contribution in [2.24, 2.45) is 7.05 Å². The number of amides is 1. The molecule has 0 atom stereocenters. The summed E-state index contributed by atoms with van der Waals surface area (Å²) in [5, 5.41) is 18.1. The number of hydrogen-bond acceptors (Lipinski definition) is 5. The van der Waals surface area contributed by atoms with E-state index in [-0.39, 0.29) is 17.8 Å². The predicted octanol–water partition coefficient (Wildman–Crippen LogP) is 2.63. The molecule has 2 heterocycles. The molecule has 0 saturated heterocycles. The first-order valence-electron chi connectivity index (χ1n) is 7.93. The van der Waals surface area contributed by atoms with Crippen LogP contribution in [-0.4, -0.2) is 25.6 Å². The molecule has 26 heavy (non-hydrogen) atoms. The Labute approximate surface area is 149 Å². The van der Waals surface area contributed by atoms with Gasteiger partial charge in [-0.15, -0.1) is 0 Å². The Morgan fingerprint density at radius 3 is 2.77 bits per heavy atom. The van der Waals surface area contributed by atoms with Crippen molar-refractivity contribution in [2.45, 2.75) is 13.5 Å². The van der Waals surface area contributed by atoms with E-state index in [1.54, 1.807) is 37.0 Å². The van der Waals surface area contributed by atoms with Crippen LogP contribution in [0.3, 0.4) is 0 Å². The number of pyridine rings is 1. The number of nitro benzene ring substituents is 1. The zero-order chi connectivity index (χ0) is 18.7. The fourth-order valence-electron chi connectivity index (χ4n) is 2.59. The van der Waals surface area contributed by atoms with Crippen LogP contribution in [-0.2, 0) is 13.6 Å². The lowest BCUT2D eigenvalue weighted by atomic mass is 10.1. The molecule has 8 heteroatoms. The van der Waals surface area contributed by atoms with Crippen LogP contribution in [0.5, 0.6) is 0 Å². The largest absolute Gasteiger partial charge is 0.346 e. The van der Waals surface area contributed by atoms with Gasteiger partial charge in [0.25, 0.3) is 11.6 Å². The smallest absolute Gasteiger partial charge is 0.273 e. The summed E-state index contributed by atoms with van der Waals surface area (Å²) in [6.45, 7) is 1.84. The van der Waals surface area contributed by atoms with E-state index in [1.165, 1.54) is 6.07 Å². The third-order valence-electron chi connectivity index (χ3n) is 3.96. The van der Waals surface area contributed by atoms with Gasteiger partial charge in [0.15, 0.2) is 0 Å². The van der Waals surface area contributed by atoms with Gasteiger partial charge in [-0.3, -0.25) is 24.6 Å². The SMILES string of the molecule is Cc1ccc(C(=O)NCc2cc(-c3ccccn3)n(C)n2)cc1[N+](=O)[O-]. The minimum absolute atomic E-state index is 0.0760. The molecule has 0 bridgehead atoms. The molecule has 0 unspecified atom stereocenters. The van der Waals surface area contributed by atoms with Crippen molar-refractivity contribution in [3.63, 3.8) is 0 Å². The molecule has 132 valence electrons. The van der Waals surface area contributed by atoms with E-state index in [2.05, 4.69) is 15.4 Å². The molecule has 3 aromatic rings. The average molecular weight is 351 g/mol. The zero-order valence-electron chi connectivity index (χ0n) is 14.3. The molecule has 0 aliphatic rings. The molecule has 1 amide bonds. The summed E-state index contributed by atoms with van der Waals surface area (Å²) >= 11 is 0. The number of hydrogen-bond donors (Lipinski definition) is 1. The number of aromatic nitrogens is 3. The van der Waals surface area contributed by atoms with Crippen LogP contribution in [0.25, 0.3) is 11.4 Å². The topological polar surface area (TPSA) is 103 Å². The Bertz CT molecular complexity index is 966. The third kappa shape index (κ3) is 3.59. The Balaban J connectivity index is 1.73. The lowest BCUT2D eigenvalue weighted by Crippen LogP contribution is -2.23. The fourth-order valence-corrected chi connectivity index (χ4v) is 2.59. The van der Waals surface area contributed by atoms with Gasteiger partial charge in [0.05, 0.1) is 28.5 Å². The Morgan fingerprint density at radius 1 is 1.27 bits per heavy atom. The number of carbonyl (C=O) groups is 1. The lowest BCUT2D eigenvalue weighted by Gasteiger charge is -2.04. The summed E-state index contributed by atoms with van der Waals surface area (Å²) in [5.41, 5.74) is 2.96. The number of benzene rings is 1. The van der Waals surface area contributed by atoms with Crippen LogP contribution in [0.2, 0.25) is 0 Å². The van der Waals surface area contributed by atoms with Crippen LogP contribution in [0.15, 0.2) is 48.7 Å². The van der Waals surface area contributed by atoms with Crippen molar-refractivity contribution in [3.8, 4) is 11.4 Å². The predicted molar refractivity (Wildman–Crippen MR) is 95.4 cm³/mol. The second-order valence-corrected chi connectivity index (χ2v) is 5.80. The molecule has 3 rings (SSSR count). The average Bonchev–Trinajstić information content (AvgIpc) is 3.01. The van der Waals surface area contributed by atoms with Crippen LogP contribution in [0.4, 0.5) is 5.69 Å². The summed E-state index contributed by atoms with van der Waals surface area (Å²) in [7, 11) is 1.80. The first-order valence-corrected chi connectivity index (χ1v) is 7.93. The minimum Gasteiger partial charge on any atom is -0.346 e. The van der Waals surface area contributed by atoms with Crippen LogP contribution in [0.1, 0.15) is 21.6 Å². The summed E-state index contributed by atoms with van der Waals surface area (Å²) in [4.78, 5) is 27.1. The van der Waals surface area contributed by atoms with E-state index in [4.69, 9.17) is 0 Å². The molecule has 1 N–H and O–H groups in total. The minimum atomic E-state index is -0.496.